The molecule has 0 aromatic heterocycles. The number of carbonyl (C=O) groups excluding carboxylic acids is 4. The molecule has 0 fully saturated rings. The van der Waals surface area contributed by atoms with E-state index in [0.29, 0.717) is 24.9 Å². The molecular formula is C36H43N3O6. The normalized spacial score (nSPS) is 13.5. The predicted molar refractivity (Wildman–Crippen MR) is 176 cm³/mol. The maximum Gasteiger partial charge on any atom is 0.309 e. The van der Waals surface area contributed by atoms with Gasteiger partial charge in [-0.2, -0.15) is 0 Å². The summed E-state index contributed by atoms with van der Waals surface area (Å²) in [5, 5.41) is 19.3. The zero-order valence-electron chi connectivity index (χ0n) is 25.7. The van der Waals surface area contributed by atoms with Crippen LogP contribution in [0.15, 0.2) is 98.1 Å². The molecular weight excluding hydrogens is 570 g/mol. The van der Waals surface area contributed by atoms with Crippen LogP contribution in [0, 0.1) is 11.8 Å². The van der Waals surface area contributed by atoms with Gasteiger partial charge in [-0.1, -0.05) is 72.8 Å². The summed E-state index contributed by atoms with van der Waals surface area (Å²) in [5.41, 5.74) is 1.49. The first kappa shape index (κ1) is 34.7. The summed E-state index contributed by atoms with van der Waals surface area (Å²) < 4.78 is 5.68. The van der Waals surface area contributed by atoms with E-state index in [9.17, 15) is 24.3 Å². The van der Waals surface area contributed by atoms with Crippen LogP contribution in [0.1, 0.15) is 38.2 Å². The fraction of sp³-hybridized carbons (Fsp3) is 0.333. The van der Waals surface area contributed by atoms with Gasteiger partial charge in [0.25, 0.3) is 5.91 Å². The molecule has 45 heavy (non-hydrogen) atoms. The first-order valence-electron chi connectivity index (χ1n) is 15.2. The third-order valence-electron chi connectivity index (χ3n) is 7.35. The largest absolute Gasteiger partial charge is 0.463 e. The Morgan fingerprint density at radius 2 is 1.58 bits per heavy atom. The van der Waals surface area contributed by atoms with Crippen molar-refractivity contribution in [3.8, 4) is 0 Å². The summed E-state index contributed by atoms with van der Waals surface area (Å²) in [4.78, 5) is 52.8. The Labute approximate surface area is 264 Å². The second-order valence-electron chi connectivity index (χ2n) is 11.1. The molecule has 0 saturated heterocycles. The van der Waals surface area contributed by atoms with E-state index in [1.807, 2.05) is 66.7 Å². The lowest BCUT2D eigenvalue weighted by molar-refractivity contribution is -0.150. The van der Waals surface area contributed by atoms with Crippen LogP contribution in [0.2, 0.25) is 0 Å². The first-order valence-corrected chi connectivity index (χ1v) is 15.2. The van der Waals surface area contributed by atoms with Gasteiger partial charge in [-0.3, -0.25) is 19.2 Å². The zero-order chi connectivity index (χ0) is 32.6. The Bertz CT molecular complexity index is 1460. The van der Waals surface area contributed by atoms with E-state index >= 15 is 0 Å². The number of aliphatic hydroxyl groups is 1. The van der Waals surface area contributed by atoms with Crippen LogP contribution >= 0.6 is 0 Å². The number of esters is 1. The summed E-state index contributed by atoms with van der Waals surface area (Å²) in [6.07, 6.45) is 4.83. The summed E-state index contributed by atoms with van der Waals surface area (Å²) in [7, 11) is 0. The fourth-order valence-corrected chi connectivity index (χ4v) is 4.86. The molecule has 0 bridgehead atoms. The summed E-state index contributed by atoms with van der Waals surface area (Å²) in [6.45, 7) is 8.44. The minimum atomic E-state index is -1.24. The zero-order valence-corrected chi connectivity index (χ0v) is 25.7. The molecule has 9 nitrogen and oxygen atoms in total. The monoisotopic (exact) mass is 613 g/mol. The summed E-state index contributed by atoms with van der Waals surface area (Å²) in [5.74, 6) is -3.36. The van der Waals surface area contributed by atoms with E-state index in [4.69, 9.17) is 4.74 Å². The van der Waals surface area contributed by atoms with E-state index in [1.54, 1.807) is 19.1 Å². The van der Waals surface area contributed by atoms with E-state index in [-0.39, 0.29) is 19.4 Å². The van der Waals surface area contributed by atoms with Crippen molar-refractivity contribution in [1.82, 2.24) is 10.6 Å². The maximum absolute atomic E-state index is 13.6. The third kappa shape index (κ3) is 11.4. The van der Waals surface area contributed by atoms with Crippen molar-refractivity contribution >= 4 is 40.2 Å². The third-order valence-corrected chi connectivity index (χ3v) is 7.35. The molecule has 3 aromatic carbocycles. The van der Waals surface area contributed by atoms with Gasteiger partial charge in [-0.25, -0.2) is 0 Å². The molecule has 0 aliphatic heterocycles. The number of rotatable bonds is 18. The van der Waals surface area contributed by atoms with Crippen LogP contribution in [0.5, 0.6) is 0 Å². The number of fused-ring (bicyclic) bond motifs is 1. The highest BCUT2D eigenvalue weighted by atomic mass is 16.5. The van der Waals surface area contributed by atoms with Gasteiger partial charge in [-0.15, -0.1) is 13.2 Å². The first-order chi connectivity index (χ1) is 21.7. The Hall–Kier alpha value is -4.76. The molecule has 9 heteroatoms. The van der Waals surface area contributed by atoms with Gasteiger partial charge in [0.15, 0.2) is 0 Å². The minimum Gasteiger partial charge on any atom is -0.463 e. The SMILES string of the molecule is C=CCC[C@H](Cc1ccccc1)C(=O)OC[C@H](NC(=O)[C@H](CC=C)CC(=O)N[C@H](C)CO)C(=O)Nc1ccc2ccccc2c1. The van der Waals surface area contributed by atoms with Crippen LogP contribution < -0.4 is 16.0 Å². The second kappa shape index (κ2) is 18.1. The Kier molecular flexibility index (Phi) is 14.0. The molecule has 0 spiro atoms. The van der Waals surface area contributed by atoms with Crippen molar-refractivity contribution in [2.45, 2.75) is 51.1 Å². The van der Waals surface area contributed by atoms with Crippen molar-refractivity contribution < 1.29 is 29.0 Å². The number of nitrogens with one attached hydrogen (secondary N) is 3. The van der Waals surface area contributed by atoms with Crippen molar-refractivity contribution in [1.29, 1.82) is 0 Å². The van der Waals surface area contributed by atoms with Crippen LogP contribution in [-0.2, 0) is 30.3 Å². The topological polar surface area (TPSA) is 134 Å². The molecule has 0 aliphatic carbocycles. The van der Waals surface area contributed by atoms with Crippen molar-refractivity contribution in [2.75, 3.05) is 18.5 Å². The van der Waals surface area contributed by atoms with Crippen LogP contribution in [-0.4, -0.2) is 54.1 Å². The molecule has 0 heterocycles. The van der Waals surface area contributed by atoms with Crippen LogP contribution in [0.4, 0.5) is 5.69 Å². The van der Waals surface area contributed by atoms with Crippen molar-refractivity contribution in [3.05, 3.63) is 104 Å². The highest BCUT2D eigenvalue weighted by Crippen LogP contribution is 2.20. The summed E-state index contributed by atoms with van der Waals surface area (Å²) >= 11 is 0. The lowest BCUT2D eigenvalue weighted by atomic mass is 9.95. The van der Waals surface area contributed by atoms with E-state index in [1.165, 1.54) is 6.08 Å². The van der Waals surface area contributed by atoms with Crippen molar-refractivity contribution in [2.24, 2.45) is 11.8 Å². The Balaban J connectivity index is 1.79. The number of amides is 3. The van der Waals surface area contributed by atoms with E-state index in [2.05, 4.69) is 29.1 Å². The molecule has 3 aromatic rings. The number of hydrogen-bond acceptors (Lipinski definition) is 6. The van der Waals surface area contributed by atoms with Gasteiger partial charge in [0.05, 0.1) is 18.4 Å². The maximum atomic E-state index is 13.6. The molecule has 3 rings (SSSR count). The Morgan fingerprint density at radius 1 is 0.867 bits per heavy atom. The number of anilines is 1. The highest BCUT2D eigenvalue weighted by Gasteiger charge is 2.29. The minimum absolute atomic E-state index is 0.173. The van der Waals surface area contributed by atoms with Gasteiger partial charge >= 0.3 is 5.97 Å². The van der Waals surface area contributed by atoms with Gasteiger partial charge in [0.2, 0.25) is 11.8 Å². The average molecular weight is 614 g/mol. The smallest absolute Gasteiger partial charge is 0.309 e. The quantitative estimate of drug-likeness (QED) is 0.121. The standard InChI is InChI=1S/C36H43N3O6/c1-4-6-15-30(20-26-13-8-7-9-14-26)36(44)45-24-32(35(43)38-31-19-18-27-16-10-11-17-28(27)21-31)39-34(42)29(12-5-2)22-33(41)37-25(3)23-40/h4-5,7-11,13-14,16-19,21,25,29-30,32,40H,1-2,6,12,15,20,22-24H2,3H3,(H,37,41)(H,38,43)(H,39,42)/t25-,29-,30-,32+/m1/s1. The number of aliphatic hydroxyl groups excluding tert-OH is 1. The summed E-state index contributed by atoms with van der Waals surface area (Å²) in [6, 6.07) is 21.0. The molecule has 4 N–H and O–H groups in total. The van der Waals surface area contributed by atoms with Crippen molar-refractivity contribution in [3.63, 3.8) is 0 Å². The average Bonchev–Trinajstić information content (AvgIpc) is 3.04. The molecule has 3 amide bonds. The lowest BCUT2D eigenvalue weighted by Gasteiger charge is -2.23. The number of hydrogen-bond donors (Lipinski definition) is 4. The molecule has 4 atom stereocenters. The molecule has 0 aliphatic rings. The fourth-order valence-electron chi connectivity index (χ4n) is 4.86. The highest BCUT2D eigenvalue weighted by molar-refractivity contribution is 5.99. The van der Waals surface area contributed by atoms with Gasteiger partial charge in [0, 0.05) is 18.2 Å². The van der Waals surface area contributed by atoms with Gasteiger partial charge in [-0.05, 0) is 61.1 Å². The predicted octanol–water partition coefficient (Wildman–Crippen LogP) is 4.71. The van der Waals surface area contributed by atoms with E-state index in [0.717, 1.165) is 16.3 Å². The molecule has 0 saturated carbocycles. The number of carbonyl (C=O) groups is 4. The Morgan fingerprint density at radius 3 is 2.27 bits per heavy atom. The van der Waals surface area contributed by atoms with Crippen LogP contribution in [0.25, 0.3) is 10.8 Å². The molecule has 0 unspecified atom stereocenters. The number of allylic oxidation sites excluding steroid dienone is 2. The molecule has 238 valence electrons. The number of ether oxygens (including phenoxy) is 1. The van der Waals surface area contributed by atoms with Gasteiger partial charge < -0.3 is 25.8 Å². The number of benzene rings is 3. The second-order valence-corrected chi connectivity index (χ2v) is 11.1. The van der Waals surface area contributed by atoms with E-state index < -0.39 is 54.2 Å². The van der Waals surface area contributed by atoms with Gasteiger partial charge in [0.1, 0.15) is 12.6 Å². The van der Waals surface area contributed by atoms with Crippen LogP contribution in [0.3, 0.4) is 0 Å². The molecule has 0 radical (unpaired) electrons. The lowest BCUT2D eigenvalue weighted by Crippen LogP contribution is -2.50.